The second-order valence-corrected chi connectivity index (χ2v) is 12.0. The topological polar surface area (TPSA) is 97.5 Å². The Labute approximate surface area is 264 Å². The number of rotatable bonds is 11. The van der Waals surface area contributed by atoms with Gasteiger partial charge in [-0.1, -0.05) is 30.7 Å². The van der Waals surface area contributed by atoms with Gasteiger partial charge >= 0.3 is 5.97 Å². The number of benzene rings is 3. The zero-order chi connectivity index (χ0) is 31.3. The van der Waals surface area contributed by atoms with Crippen LogP contribution in [0.3, 0.4) is 0 Å². The van der Waals surface area contributed by atoms with E-state index in [4.69, 9.17) is 23.6 Å². The van der Waals surface area contributed by atoms with Crippen molar-refractivity contribution in [3.05, 3.63) is 65.2 Å². The molecule has 1 atom stereocenters. The Bertz CT molecular complexity index is 1640. The van der Waals surface area contributed by atoms with Gasteiger partial charge in [-0.2, -0.15) is 0 Å². The zero-order valence-corrected chi connectivity index (χ0v) is 26.5. The highest BCUT2D eigenvalue weighted by Gasteiger charge is 2.29. The van der Waals surface area contributed by atoms with Crippen molar-refractivity contribution < 1.29 is 28.5 Å². The summed E-state index contributed by atoms with van der Waals surface area (Å²) in [5.74, 6) is 1.34. The molecular formula is C36H43N3O6. The van der Waals surface area contributed by atoms with Gasteiger partial charge in [0.15, 0.2) is 5.58 Å². The third-order valence-electron chi connectivity index (χ3n) is 9.18. The van der Waals surface area contributed by atoms with Crippen molar-refractivity contribution in [2.75, 3.05) is 53.1 Å². The van der Waals surface area contributed by atoms with E-state index in [0.717, 1.165) is 103 Å². The highest BCUT2D eigenvalue weighted by molar-refractivity contribution is 5.83. The minimum atomic E-state index is -0.773. The van der Waals surface area contributed by atoms with E-state index in [-0.39, 0.29) is 0 Å². The van der Waals surface area contributed by atoms with Crippen LogP contribution in [0.2, 0.25) is 0 Å². The van der Waals surface area contributed by atoms with Crippen LogP contribution in [0.4, 0.5) is 0 Å². The number of nitrogens with zero attached hydrogens (tertiary/aromatic N) is 3. The van der Waals surface area contributed by atoms with E-state index in [1.54, 1.807) is 7.11 Å². The Kier molecular flexibility index (Phi) is 9.68. The number of aliphatic carboxylic acids is 1. The summed E-state index contributed by atoms with van der Waals surface area (Å²) >= 11 is 0. The molecule has 9 heteroatoms. The quantitative estimate of drug-likeness (QED) is 0.195. The molecular weight excluding hydrogens is 570 g/mol. The van der Waals surface area contributed by atoms with Gasteiger partial charge in [-0.3, -0.25) is 14.6 Å². The molecule has 0 amide bonds. The number of oxazole rings is 1. The molecule has 6 rings (SSSR count). The number of aromatic nitrogens is 1. The Balaban J connectivity index is 1.23. The van der Waals surface area contributed by atoms with Crippen LogP contribution in [0.25, 0.3) is 33.7 Å². The highest BCUT2D eigenvalue weighted by atomic mass is 16.5. The zero-order valence-electron chi connectivity index (χ0n) is 26.5. The summed E-state index contributed by atoms with van der Waals surface area (Å²) < 4.78 is 23.7. The molecule has 0 spiro atoms. The summed E-state index contributed by atoms with van der Waals surface area (Å²) in [7, 11) is 1.63. The van der Waals surface area contributed by atoms with Crippen molar-refractivity contribution in [1.29, 1.82) is 0 Å². The first-order valence-corrected chi connectivity index (χ1v) is 16.0. The molecule has 0 radical (unpaired) electrons. The number of carbonyl (C=O) groups is 1. The summed E-state index contributed by atoms with van der Waals surface area (Å²) in [4.78, 5) is 21.2. The predicted octanol–water partition coefficient (Wildman–Crippen LogP) is 6.33. The van der Waals surface area contributed by atoms with E-state index in [1.807, 2.05) is 35.2 Å². The van der Waals surface area contributed by atoms with E-state index >= 15 is 0 Å². The van der Waals surface area contributed by atoms with Gasteiger partial charge in [0, 0.05) is 43.4 Å². The molecule has 9 nitrogen and oxygen atoms in total. The lowest BCUT2D eigenvalue weighted by Crippen LogP contribution is -2.44. The van der Waals surface area contributed by atoms with Crippen LogP contribution in [0.5, 0.6) is 11.5 Å². The molecule has 1 N–H and O–H groups in total. The molecule has 1 aromatic heterocycles. The normalized spacial score (nSPS) is 17.9. The van der Waals surface area contributed by atoms with Crippen LogP contribution in [0.1, 0.15) is 42.4 Å². The molecule has 2 fully saturated rings. The number of morpholine rings is 1. The van der Waals surface area contributed by atoms with E-state index < -0.39 is 12.0 Å². The summed E-state index contributed by atoms with van der Waals surface area (Å²) in [6.07, 6.45) is 3.55. The Morgan fingerprint density at radius 3 is 2.51 bits per heavy atom. The number of fused-ring (bicyclic) bond motifs is 1. The van der Waals surface area contributed by atoms with Crippen molar-refractivity contribution >= 4 is 17.1 Å². The molecule has 45 heavy (non-hydrogen) atoms. The summed E-state index contributed by atoms with van der Waals surface area (Å²) in [5, 5.41) is 9.76. The largest absolute Gasteiger partial charge is 0.496 e. The Hall–Kier alpha value is -3.92. The summed E-state index contributed by atoms with van der Waals surface area (Å²) in [6.45, 7) is 10.7. The molecule has 0 aliphatic carbocycles. The minimum Gasteiger partial charge on any atom is -0.496 e. The first-order valence-electron chi connectivity index (χ1n) is 16.0. The van der Waals surface area contributed by atoms with Gasteiger partial charge in [0.1, 0.15) is 23.1 Å². The number of methoxy groups -OCH3 is 1. The molecule has 3 heterocycles. The molecule has 1 unspecified atom stereocenters. The minimum absolute atomic E-state index is 0.484. The highest BCUT2D eigenvalue weighted by Crippen LogP contribution is 2.38. The van der Waals surface area contributed by atoms with Crippen molar-refractivity contribution in [2.45, 2.75) is 52.1 Å². The van der Waals surface area contributed by atoms with Crippen LogP contribution >= 0.6 is 0 Å². The van der Waals surface area contributed by atoms with Crippen molar-refractivity contribution in [3.8, 4) is 34.1 Å². The number of carboxylic acids is 1. The van der Waals surface area contributed by atoms with Gasteiger partial charge in [-0.15, -0.1) is 0 Å². The molecule has 2 aliphatic rings. The number of hydrogen-bond acceptors (Lipinski definition) is 8. The van der Waals surface area contributed by atoms with Crippen molar-refractivity contribution in [3.63, 3.8) is 0 Å². The third-order valence-corrected chi connectivity index (χ3v) is 9.18. The molecule has 0 bridgehead atoms. The van der Waals surface area contributed by atoms with E-state index in [0.29, 0.717) is 36.8 Å². The molecule has 238 valence electrons. The SMILES string of the molecule is COc1cc2oc(-c3cccc(-c4cccc(OCCCN5CCOCC5)c4C)c3C)nc2cc1CN1CCCCC1C(=O)O. The lowest BCUT2D eigenvalue weighted by atomic mass is 9.93. The van der Waals surface area contributed by atoms with Gasteiger partial charge in [0.05, 0.1) is 26.9 Å². The first kappa shape index (κ1) is 31.1. The number of ether oxygens (including phenoxy) is 3. The molecule has 2 saturated heterocycles. The third kappa shape index (κ3) is 6.85. The van der Waals surface area contributed by atoms with Gasteiger partial charge in [0.25, 0.3) is 0 Å². The number of piperidine rings is 1. The van der Waals surface area contributed by atoms with Crippen LogP contribution in [-0.4, -0.2) is 85.0 Å². The van der Waals surface area contributed by atoms with E-state index in [1.165, 1.54) is 0 Å². The Morgan fingerprint density at radius 2 is 1.73 bits per heavy atom. The molecule has 2 aliphatic heterocycles. The number of carboxylic acid groups (broad SMARTS) is 1. The second-order valence-electron chi connectivity index (χ2n) is 12.0. The maximum atomic E-state index is 11.9. The van der Waals surface area contributed by atoms with E-state index in [2.05, 4.69) is 36.9 Å². The average molecular weight is 614 g/mol. The molecule has 3 aromatic carbocycles. The first-order chi connectivity index (χ1) is 21.9. The number of likely N-dealkylation sites (tertiary alicyclic amines) is 1. The summed E-state index contributed by atoms with van der Waals surface area (Å²) in [5.41, 5.74) is 7.58. The van der Waals surface area contributed by atoms with Crippen LogP contribution in [-0.2, 0) is 16.1 Å². The average Bonchev–Trinajstić information content (AvgIpc) is 3.47. The van der Waals surface area contributed by atoms with Gasteiger partial charge in [-0.25, -0.2) is 4.98 Å². The van der Waals surface area contributed by atoms with Gasteiger partial charge < -0.3 is 23.7 Å². The lowest BCUT2D eigenvalue weighted by molar-refractivity contribution is -0.144. The maximum absolute atomic E-state index is 11.9. The Morgan fingerprint density at radius 1 is 0.978 bits per heavy atom. The van der Waals surface area contributed by atoms with E-state index in [9.17, 15) is 9.90 Å². The van der Waals surface area contributed by atoms with Crippen LogP contribution < -0.4 is 9.47 Å². The molecule has 0 saturated carbocycles. The predicted molar refractivity (Wildman–Crippen MR) is 174 cm³/mol. The monoisotopic (exact) mass is 613 g/mol. The van der Waals surface area contributed by atoms with Crippen LogP contribution in [0, 0.1) is 13.8 Å². The lowest BCUT2D eigenvalue weighted by Gasteiger charge is -2.33. The maximum Gasteiger partial charge on any atom is 0.320 e. The van der Waals surface area contributed by atoms with Gasteiger partial charge in [0.2, 0.25) is 5.89 Å². The van der Waals surface area contributed by atoms with Crippen molar-refractivity contribution in [1.82, 2.24) is 14.8 Å². The fourth-order valence-electron chi connectivity index (χ4n) is 6.62. The standard InChI is InChI=1S/C36H43N3O6/c1-24-27(28-10-7-13-32(25(28)2)44-18-8-14-38-16-19-43-20-17-38)9-6-11-29(24)35-37-30-21-26(33(42-3)22-34(30)45-35)23-39-15-5-4-12-31(39)36(40)41/h6-7,9-11,13,21-22,31H,4-5,8,12,14-20,23H2,1-3H3,(H,40,41). The second kappa shape index (κ2) is 14.0. The summed E-state index contributed by atoms with van der Waals surface area (Å²) in [6, 6.07) is 15.8. The fraction of sp³-hybridized carbons (Fsp3) is 0.444. The molecule has 4 aromatic rings. The van der Waals surface area contributed by atoms with Gasteiger partial charge in [-0.05, 0) is 80.1 Å². The number of hydrogen-bond donors (Lipinski definition) is 1. The fourth-order valence-corrected chi connectivity index (χ4v) is 6.62. The smallest absolute Gasteiger partial charge is 0.320 e. The van der Waals surface area contributed by atoms with Crippen LogP contribution in [0.15, 0.2) is 52.9 Å². The van der Waals surface area contributed by atoms with Crippen molar-refractivity contribution in [2.24, 2.45) is 0 Å².